The highest BCUT2D eigenvalue weighted by molar-refractivity contribution is 5.72. The van der Waals surface area contributed by atoms with Crippen LogP contribution in [0.4, 0.5) is 4.79 Å². The minimum Gasteiger partial charge on any atom is -0.481 e. The number of alkyl carbamates (subject to hydrolysis) is 1. The number of benzene rings is 2. The van der Waals surface area contributed by atoms with Crippen molar-refractivity contribution in [2.24, 2.45) is 0 Å². The highest BCUT2D eigenvalue weighted by atomic mass is 16.5. The number of hydrogen-bond donors (Lipinski definition) is 2. The first kappa shape index (κ1) is 17.0. The van der Waals surface area contributed by atoms with Crippen molar-refractivity contribution >= 4 is 12.1 Å². The van der Waals surface area contributed by atoms with Gasteiger partial charge in [-0.2, -0.15) is 5.26 Å². The van der Waals surface area contributed by atoms with Crippen molar-refractivity contribution in [2.75, 3.05) is 0 Å². The van der Waals surface area contributed by atoms with Gasteiger partial charge in [0, 0.05) is 0 Å². The van der Waals surface area contributed by atoms with Gasteiger partial charge < -0.3 is 15.2 Å². The Labute approximate surface area is 139 Å². The first-order valence-electron chi connectivity index (χ1n) is 7.27. The van der Waals surface area contributed by atoms with Crippen molar-refractivity contribution in [1.29, 1.82) is 5.26 Å². The van der Waals surface area contributed by atoms with E-state index in [1.54, 1.807) is 24.3 Å². The molecule has 0 bridgehead atoms. The molecule has 6 heteroatoms. The minimum atomic E-state index is -1.05. The molecule has 0 aromatic heterocycles. The number of amides is 1. The molecule has 2 aromatic carbocycles. The molecule has 2 aromatic rings. The Balaban J connectivity index is 2.00. The van der Waals surface area contributed by atoms with E-state index in [-0.39, 0.29) is 13.0 Å². The maximum absolute atomic E-state index is 11.9. The van der Waals surface area contributed by atoms with Crippen LogP contribution in [-0.2, 0) is 16.1 Å². The topological polar surface area (TPSA) is 99.4 Å². The molecular weight excluding hydrogens is 308 g/mol. The van der Waals surface area contributed by atoms with Gasteiger partial charge in [0.1, 0.15) is 6.61 Å². The Morgan fingerprint density at radius 2 is 1.79 bits per heavy atom. The normalized spacial score (nSPS) is 11.1. The lowest BCUT2D eigenvalue weighted by molar-refractivity contribution is -0.137. The summed E-state index contributed by atoms with van der Waals surface area (Å²) in [5.74, 6) is -1.05. The molecule has 122 valence electrons. The molecule has 2 rings (SSSR count). The third-order valence-electron chi connectivity index (χ3n) is 3.33. The summed E-state index contributed by atoms with van der Waals surface area (Å²) in [6, 6.07) is 16.8. The molecule has 2 N–H and O–H groups in total. The molecule has 0 heterocycles. The zero-order valence-electron chi connectivity index (χ0n) is 12.8. The third-order valence-corrected chi connectivity index (χ3v) is 3.33. The van der Waals surface area contributed by atoms with E-state index in [1.165, 1.54) is 0 Å². The van der Waals surface area contributed by atoms with Gasteiger partial charge in [0.15, 0.2) is 0 Å². The maximum atomic E-state index is 11.9. The monoisotopic (exact) mass is 324 g/mol. The Morgan fingerprint density at radius 3 is 2.38 bits per heavy atom. The molecule has 0 saturated heterocycles. The molecule has 24 heavy (non-hydrogen) atoms. The molecule has 0 radical (unpaired) electrons. The van der Waals surface area contributed by atoms with Gasteiger partial charge in [-0.3, -0.25) is 4.79 Å². The van der Waals surface area contributed by atoms with Crippen LogP contribution in [-0.4, -0.2) is 17.2 Å². The number of nitrogens with one attached hydrogen (secondary N) is 1. The summed E-state index contributed by atoms with van der Waals surface area (Å²) in [6.45, 7) is 0.0971. The molecule has 0 saturated carbocycles. The number of carbonyl (C=O) groups excluding carboxylic acids is 1. The Hall–Kier alpha value is -3.33. The van der Waals surface area contributed by atoms with Crippen LogP contribution in [0.5, 0.6) is 0 Å². The summed E-state index contributed by atoms with van der Waals surface area (Å²) in [4.78, 5) is 22.9. The van der Waals surface area contributed by atoms with Gasteiger partial charge in [0.25, 0.3) is 0 Å². The van der Waals surface area contributed by atoms with Crippen LogP contribution in [0.3, 0.4) is 0 Å². The number of aliphatic carboxylic acids is 1. The lowest BCUT2D eigenvalue weighted by atomic mass is 10.0. The van der Waals surface area contributed by atoms with Crippen molar-refractivity contribution < 1.29 is 19.4 Å². The van der Waals surface area contributed by atoms with Crippen molar-refractivity contribution in [1.82, 2.24) is 5.32 Å². The van der Waals surface area contributed by atoms with Gasteiger partial charge >= 0.3 is 12.1 Å². The molecule has 0 fully saturated rings. The van der Waals surface area contributed by atoms with Crippen molar-refractivity contribution in [3.05, 3.63) is 71.3 Å². The van der Waals surface area contributed by atoms with E-state index < -0.39 is 18.1 Å². The van der Waals surface area contributed by atoms with E-state index in [0.717, 1.165) is 5.56 Å². The summed E-state index contributed by atoms with van der Waals surface area (Å²) in [6.07, 6.45) is -0.985. The number of rotatable bonds is 6. The van der Waals surface area contributed by atoms with Crippen LogP contribution in [0.15, 0.2) is 54.6 Å². The summed E-state index contributed by atoms with van der Waals surface area (Å²) in [7, 11) is 0. The predicted molar refractivity (Wildman–Crippen MR) is 85.9 cm³/mol. The second-order valence-electron chi connectivity index (χ2n) is 5.09. The van der Waals surface area contributed by atoms with Crippen LogP contribution in [0.2, 0.25) is 0 Å². The molecule has 0 aliphatic heterocycles. The fourth-order valence-corrected chi connectivity index (χ4v) is 2.12. The number of nitriles is 1. The molecule has 1 amide bonds. The van der Waals surface area contributed by atoms with E-state index in [1.807, 2.05) is 36.4 Å². The number of carboxylic acid groups (broad SMARTS) is 1. The molecule has 0 aliphatic carbocycles. The van der Waals surface area contributed by atoms with Crippen LogP contribution < -0.4 is 5.32 Å². The van der Waals surface area contributed by atoms with E-state index in [2.05, 4.69) is 5.32 Å². The van der Waals surface area contributed by atoms with E-state index in [9.17, 15) is 9.59 Å². The van der Waals surface area contributed by atoms with Gasteiger partial charge in [0.05, 0.1) is 24.1 Å². The zero-order valence-corrected chi connectivity index (χ0v) is 12.8. The summed E-state index contributed by atoms with van der Waals surface area (Å²) in [5, 5.41) is 20.4. The standard InChI is InChI=1S/C18H16N2O4/c19-11-13-6-8-15(9-7-13)16(10-17(21)22)20-18(23)24-12-14-4-2-1-3-5-14/h1-9,16H,10,12H2,(H,20,23)(H,21,22)/t16-/m1/s1. The lowest BCUT2D eigenvalue weighted by Gasteiger charge is -2.17. The fraction of sp³-hybridized carbons (Fsp3) is 0.167. The molecule has 0 aliphatic rings. The summed E-state index contributed by atoms with van der Waals surface area (Å²) >= 11 is 0. The average Bonchev–Trinajstić information content (AvgIpc) is 2.60. The number of carbonyl (C=O) groups is 2. The van der Waals surface area contributed by atoms with Gasteiger partial charge in [0.2, 0.25) is 0 Å². The van der Waals surface area contributed by atoms with Crippen molar-refractivity contribution in [3.8, 4) is 6.07 Å². The van der Waals surface area contributed by atoms with Gasteiger partial charge in [-0.05, 0) is 23.3 Å². The van der Waals surface area contributed by atoms with E-state index >= 15 is 0 Å². The summed E-state index contributed by atoms with van der Waals surface area (Å²) < 4.78 is 5.11. The zero-order chi connectivity index (χ0) is 17.4. The number of ether oxygens (including phenoxy) is 1. The van der Waals surface area contributed by atoms with Crippen molar-refractivity contribution in [3.63, 3.8) is 0 Å². The second kappa shape index (κ2) is 8.34. The highest BCUT2D eigenvalue weighted by Crippen LogP contribution is 2.18. The fourth-order valence-electron chi connectivity index (χ4n) is 2.12. The van der Waals surface area contributed by atoms with Crippen LogP contribution in [0.1, 0.15) is 29.2 Å². The first-order chi connectivity index (χ1) is 11.6. The number of hydrogen-bond acceptors (Lipinski definition) is 4. The van der Waals surface area contributed by atoms with Gasteiger partial charge in [-0.25, -0.2) is 4.79 Å². The Kier molecular flexibility index (Phi) is 5.92. The molecule has 1 atom stereocenters. The second-order valence-corrected chi connectivity index (χ2v) is 5.09. The van der Waals surface area contributed by atoms with Crippen LogP contribution in [0.25, 0.3) is 0 Å². The number of carboxylic acids is 1. The molecule has 0 spiro atoms. The van der Waals surface area contributed by atoms with E-state index in [4.69, 9.17) is 15.1 Å². The Morgan fingerprint density at radius 1 is 1.12 bits per heavy atom. The SMILES string of the molecule is N#Cc1ccc([C@@H](CC(=O)O)NC(=O)OCc2ccccc2)cc1. The molecular formula is C18H16N2O4. The quantitative estimate of drug-likeness (QED) is 0.851. The van der Waals surface area contributed by atoms with Crippen LogP contribution >= 0.6 is 0 Å². The average molecular weight is 324 g/mol. The first-order valence-corrected chi connectivity index (χ1v) is 7.27. The molecule has 0 unspecified atom stereocenters. The smallest absolute Gasteiger partial charge is 0.407 e. The van der Waals surface area contributed by atoms with Crippen molar-refractivity contribution in [2.45, 2.75) is 19.1 Å². The maximum Gasteiger partial charge on any atom is 0.407 e. The largest absolute Gasteiger partial charge is 0.481 e. The third kappa shape index (κ3) is 5.14. The summed E-state index contributed by atoms with van der Waals surface area (Å²) in [5.41, 5.74) is 1.88. The van der Waals surface area contributed by atoms with Gasteiger partial charge in [-0.1, -0.05) is 42.5 Å². The van der Waals surface area contributed by atoms with Crippen LogP contribution in [0, 0.1) is 11.3 Å². The molecule has 6 nitrogen and oxygen atoms in total. The highest BCUT2D eigenvalue weighted by Gasteiger charge is 2.19. The van der Waals surface area contributed by atoms with E-state index in [0.29, 0.717) is 11.1 Å². The van der Waals surface area contributed by atoms with Gasteiger partial charge in [-0.15, -0.1) is 0 Å². The Bertz CT molecular complexity index is 736. The predicted octanol–water partition coefficient (Wildman–Crippen LogP) is 3.00. The lowest BCUT2D eigenvalue weighted by Crippen LogP contribution is -2.30. The number of nitrogens with zero attached hydrogens (tertiary/aromatic N) is 1. The minimum absolute atomic E-state index is 0.0971.